The molecular formula is C16H25N3O2. The van der Waals surface area contributed by atoms with Gasteiger partial charge in [0.2, 0.25) is 0 Å². The van der Waals surface area contributed by atoms with Crippen LogP contribution >= 0.6 is 0 Å². The van der Waals surface area contributed by atoms with E-state index in [2.05, 4.69) is 34.1 Å². The van der Waals surface area contributed by atoms with Crippen LogP contribution in [0, 0.1) is 0 Å². The molecule has 1 atom stereocenters. The van der Waals surface area contributed by atoms with E-state index in [0.29, 0.717) is 0 Å². The number of nitrogens with zero attached hydrogens (tertiary/aromatic N) is 3. The largest absolute Gasteiger partial charge is 0.480 e. The quantitative estimate of drug-likeness (QED) is 0.887. The van der Waals surface area contributed by atoms with Gasteiger partial charge in [-0.15, -0.1) is 0 Å². The lowest BCUT2D eigenvalue weighted by Gasteiger charge is -2.36. The molecule has 21 heavy (non-hydrogen) atoms. The average Bonchev–Trinajstić information content (AvgIpc) is 2.47. The molecule has 1 aromatic carbocycles. The lowest BCUT2D eigenvalue weighted by Crippen LogP contribution is -2.51. The van der Waals surface area contributed by atoms with Crippen molar-refractivity contribution in [1.82, 2.24) is 9.80 Å². The lowest BCUT2D eigenvalue weighted by molar-refractivity contribution is -0.143. The van der Waals surface area contributed by atoms with Crippen molar-refractivity contribution in [2.75, 3.05) is 45.2 Å². The number of piperazine rings is 1. The number of benzene rings is 1. The number of hydrogen-bond acceptors (Lipinski definition) is 4. The first kappa shape index (κ1) is 15.8. The molecule has 1 aliphatic rings. The Labute approximate surface area is 126 Å². The summed E-state index contributed by atoms with van der Waals surface area (Å²) in [5.41, 5.74) is 2.51. The van der Waals surface area contributed by atoms with Gasteiger partial charge in [0.1, 0.15) is 6.04 Å². The van der Waals surface area contributed by atoms with Crippen LogP contribution in [0.1, 0.15) is 12.5 Å². The van der Waals surface area contributed by atoms with Crippen LogP contribution in [-0.4, -0.2) is 67.2 Å². The van der Waals surface area contributed by atoms with Gasteiger partial charge in [-0.2, -0.15) is 0 Å². The molecule has 2 rings (SSSR count). The first-order chi connectivity index (χ1) is 9.97. The number of carboxylic acids is 1. The molecule has 5 heteroatoms. The number of aliphatic carboxylic acids is 1. The molecular weight excluding hydrogens is 266 g/mol. The van der Waals surface area contributed by atoms with Crippen molar-refractivity contribution in [2.45, 2.75) is 19.5 Å². The van der Waals surface area contributed by atoms with E-state index in [1.54, 1.807) is 6.92 Å². The summed E-state index contributed by atoms with van der Waals surface area (Å²) < 4.78 is 0. The Hall–Kier alpha value is -1.59. The molecule has 0 radical (unpaired) electrons. The van der Waals surface area contributed by atoms with E-state index in [9.17, 15) is 4.79 Å². The fourth-order valence-electron chi connectivity index (χ4n) is 2.62. The van der Waals surface area contributed by atoms with Crippen LogP contribution in [0.25, 0.3) is 0 Å². The number of hydrogen-bond donors (Lipinski definition) is 1. The molecule has 0 saturated carbocycles. The summed E-state index contributed by atoms with van der Waals surface area (Å²) in [6.07, 6.45) is 0. The molecule has 1 N–H and O–H groups in total. The maximum atomic E-state index is 11.0. The van der Waals surface area contributed by atoms with Crippen LogP contribution in [0.15, 0.2) is 24.3 Å². The van der Waals surface area contributed by atoms with Gasteiger partial charge in [-0.1, -0.05) is 12.1 Å². The molecule has 116 valence electrons. The van der Waals surface area contributed by atoms with Crippen LogP contribution in [0.3, 0.4) is 0 Å². The maximum absolute atomic E-state index is 11.0. The van der Waals surface area contributed by atoms with E-state index in [1.165, 1.54) is 11.3 Å². The van der Waals surface area contributed by atoms with E-state index in [1.807, 2.05) is 19.0 Å². The molecule has 1 saturated heterocycles. The standard InChI is InChI=1S/C16H25N3O2/c1-13(16(20)21)19-10-8-18(9-11-19)12-14-4-6-15(7-5-14)17(2)3/h4-7,13H,8-12H2,1-3H3,(H,20,21). The zero-order valence-corrected chi connectivity index (χ0v) is 13.1. The van der Waals surface area contributed by atoms with Crippen LogP contribution in [-0.2, 0) is 11.3 Å². The van der Waals surface area contributed by atoms with Gasteiger partial charge in [0.15, 0.2) is 0 Å². The molecule has 0 spiro atoms. The fourth-order valence-corrected chi connectivity index (χ4v) is 2.62. The van der Waals surface area contributed by atoms with E-state index in [-0.39, 0.29) is 6.04 Å². The van der Waals surface area contributed by atoms with Gasteiger partial charge in [0.25, 0.3) is 0 Å². The van der Waals surface area contributed by atoms with E-state index in [0.717, 1.165) is 32.7 Å². The van der Waals surface area contributed by atoms with Gasteiger partial charge >= 0.3 is 5.97 Å². The summed E-state index contributed by atoms with van der Waals surface area (Å²) >= 11 is 0. The highest BCUT2D eigenvalue weighted by molar-refractivity contribution is 5.72. The minimum atomic E-state index is -0.734. The SMILES string of the molecule is CC(C(=O)O)N1CCN(Cc2ccc(N(C)C)cc2)CC1. The predicted molar refractivity (Wildman–Crippen MR) is 84.7 cm³/mol. The average molecular weight is 291 g/mol. The third-order valence-electron chi connectivity index (χ3n) is 4.17. The highest BCUT2D eigenvalue weighted by Gasteiger charge is 2.24. The number of anilines is 1. The lowest BCUT2D eigenvalue weighted by atomic mass is 10.1. The van der Waals surface area contributed by atoms with Gasteiger partial charge in [-0.05, 0) is 24.6 Å². The monoisotopic (exact) mass is 291 g/mol. The highest BCUT2D eigenvalue weighted by atomic mass is 16.4. The van der Waals surface area contributed by atoms with Crippen LogP contribution in [0.2, 0.25) is 0 Å². The Balaban J connectivity index is 1.84. The first-order valence-electron chi connectivity index (χ1n) is 7.43. The Morgan fingerprint density at radius 2 is 1.76 bits per heavy atom. The summed E-state index contributed by atoms with van der Waals surface area (Å²) in [7, 11) is 4.08. The van der Waals surface area contributed by atoms with E-state index >= 15 is 0 Å². The van der Waals surface area contributed by atoms with Crippen molar-refractivity contribution < 1.29 is 9.90 Å². The van der Waals surface area contributed by atoms with Gasteiger partial charge in [-0.3, -0.25) is 14.6 Å². The van der Waals surface area contributed by atoms with Crippen LogP contribution in [0.4, 0.5) is 5.69 Å². The van der Waals surface area contributed by atoms with Gasteiger partial charge < -0.3 is 10.0 Å². The second kappa shape index (κ2) is 6.91. The van der Waals surface area contributed by atoms with E-state index < -0.39 is 5.97 Å². The first-order valence-corrected chi connectivity index (χ1v) is 7.43. The van der Waals surface area contributed by atoms with Gasteiger partial charge in [0, 0.05) is 52.5 Å². The zero-order valence-electron chi connectivity index (χ0n) is 13.1. The second-order valence-corrected chi connectivity index (χ2v) is 5.89. The molecule has 1 fully saturated rings. The van der Waals surface area contributed by atoms with Crippen molar-refractivity contribution in [1.29, 1.82) is 0 Å². The Kier molecular flexibility index (Phi) is 5.20. The molecule has 0 aromatic heterocycles. The van der Waals surface area contributed by atoms with Gasteiger partial charge in [0.05, 0.1) is 0 Å². The highest BCUT2D eigenvalue weighted by Crippen LogP contribution is 2.15. The second-order valence-electron chi connectivity index (χ2n) is 5.89. The normalized spacial score (nSPS) is 18.4. The molecule has 1 heterocycles. The fraction of sp³-hybridized carbons (Fsp3) is 0.562. The predicted octanol–water partition coefficient (Wildman–Crippen LogP) is 1.34. The van der Waals surface area contributed by atoms with E-state index in [4.69, 9.17) is 5.11 Å². The Morgan fingerprint density at radius 3 is 2.24 bits per heavy atom. The summed E-state index contributed by atoms with van der Waals surface area (Å²) in [5, 5.41) is 9.05. The minimum Gasteiger partial charge on any atom is -0.480 e. The van der Waals surface area contributed by atoms with Crippen molar-refractivity contribution >= 4 is 11.7 Å². The molecule has 0 amide bonds. The molecule has 5 nitrogen and oxygen atoms in total. The number of carboxylic acid groups (broad SMARTS) is 1. The van der Waals surface area contributed by atoms with Crippen molar-refractivity contribution in [3.63, 3.8) is 0 Å². The Morgan fingerprint density at radius 1 is 1.19 bits per heavy atom. The smallest absolute Gasteiger partial charge is 0.320 e. The van der Waals surface area contributed by atoms with Crippen LogP contribution < -0.4 is 4.90 Å². The maximum Gasteiger partial charge on any atom is 0.320 e. The Bertz CT molecular complexity index is 465. The zero-order chi connectivity index (χ0) is 15.4. The summed E-state index contributed by atoms with van der Waals surface area (Å²) in [6, 6.07) is 8.23. The third-order valence-corrected chi connectivity index (χ3v) is 4.17. The minimum absolute atomic E-state index is 0.383. The number of carbonyl (C=O) groups is 1. The summed E-state index contributed by atoms with van der Waals surface area (Å²) in [4.78, 5) is 17.5. The van der Waals surface area contributed by atoms with Crippen molar-refractivity contribution in [3.05, 3.63) is 29.8 Å². The van der Waals surface area contributed by atoms with Gasteiger partial charge in [-0.25, -0.2) is 0 Å². The molecule has 0 aliphatic carbocycles. The van der Waals surface area contributed by atoms with Crippen LogP contribution in [0.5, 0.6) is 0 Å². The summed E-state index contributed by atoms with van der Waals surface area (Å²) in [5.74, 6) is -0.734. The summed E-state index contributed by atoms with van der Waals surface area (Å²) in [6.45, 7) is 6.19. The molecule has 1 aromatic rings. The molecule has 1 aliphatic heterocycles. The van der Waals surface area contributed by atoms with Crippen molar-refractivity contribution in [3.8, 4) is 0 Å². The molecule has 1 unspecified atom stereocenters. The third kappa shape index (κ3) is 4.19. The molecule has 0 bridgehead atoms. The van der Waals surface area contributed by atoms with Crippen molar-refractivity contribution in [2.24, 2.45) is 0 Å². The number of rotatable bonds is 5. The topological polar surface area (TPSA) is 47.0 Å².